The Labute approximate surface area is 185 Å². The van der Waals surface area contributed by atoms with E-state index in [-0.39, 0.29) is 34.8 Å². The van der Waals surface area contributed by atoms with Gasteiger partial charge in [-0.05, 0) is 37.0 Å². The van der Waals surface area contributed by atoms with Gasteiger partial charge in [-0.2, -0.15) is 0 Å². The van der Waals surface area contributed by atoms with Gasteiger partial charge in [0.25, 0.3) is 5.56 Å². The van der Waals surface area contributed by atoms with Crippen molar-refractivity contribution >= 4 is 35.0 Å². The molecule has 1 aliphatic heterocycles. The molecule has 4 N–H and O–H groups in total. The second kappa shape index (κ2) is 7.86. The molecule has 160 valence electrons. The number of halogens is 2. The van der Waals surface area contributed by atoms with Gasteiger partial charge in [-0.3, -0.25) is 14.6 Å². The van der Waals surface area contributed by atoms with Gasteiger partial charge in [0.2, 0.25) is 0 Å². The molecule has 1 aliphatic carbocycles. The Kier molecular flexibility index (Phi) is 5.36. The van der Waals surface area contributed by atoms with Crippen molar-refractivity contribution < 1.29 is 14.7 Å². The van der Waals surface area contributed by atoms with Crippen LogP contribution in [0, 0.1) is 0 Å². The van der Waals surface area contributed by atoms with E-state index in [1.807, 2.05) is 0 Å². The van der Waals surface area contributed by atoms with Gasteiger partial charge < -0.3 is 15.4 Å². The monoisotopic (exact) mass is 461 g/mol. The minimum atomic E-state index is -1.27. The molecule has 0 amide bonds. The molecule has 4 rings (SSSR count). The number of hydrogen-bond donors (Lipinski definition) is 4. The first-order valence-corrected chi connectivity index (χ1v) is 10.2. The Hall–Kier alpha value is -3.10. The number of allylic oxidation sites excluding steroid dienone is 3. The van der Waals surface area contributed by atoms with E-state index < -0.39 is 23.1 Å². The number of ketones is 1. The summed E-state index contributed by atoms with van der Waals surface area (Å²) in [6.07, 6.45) is 1.56. The van der Waals surface area contributed by atoms with E-state index in [2.05, 4.69) is 15.3 Å². The molecule has 2 aromatic rings. The highest BCUT2D eigenvalue weighted by Gasteiger charge is 2.42. The van der Waals surface area contributed by atoms with Gasteiger partial charge in [0.1, 0.15) is 0 Å². The molecule has 31 heavy (non-hydrogen) atoms. The number of aliphatic carboxylic acids is 1. The zero-order valence-electron chi connectivity index (χ0n) is 16.2. The van der Waals surface area contributed by atoms with Crippen LogP contribution in [0.1, 0.15) is 42.7 Å². The van der Waals surface area contributed by atoms with Crippen molar-refractivity contribution in [1.29, 1.82) is 0 Å². The van der Waals surface area contributed by atoms with Crippen LogP contribution in [0.5, 0.6) is 0 Å². The van der Waals surface area contributed by atoms with Crippen molar-refractivity contribution in [2.24, 2.45) is 0 Å². The number of nitrogens with one attached hydrogen (secondary N) is 3. The molecule has 8 nitrogen and oxygen atoms in total. The van der Waals surface area contributed by atoms with E-state index in [4.69, 9.17) is 23.2 Å². The number of dihydropyridines is 1. The van der Waals surface area contributed by atoms with Crippen molar-refractivity contribution in [3.8, 4) is 0 Å². The van der Waals surface area contributed by atoms with Crippen LogP contribution in [0.4, 0.5) is 0 Å². The summed E-state index contributed by atoms with van der Waals surface area (Å²) < 4.78 is 0. The van der Waals surface area contributed by atoms with Crippen LogP contribution in [-0.4, -0.2) is 26.8 Å². The van der Waals surface area contributed by atoms with Crippen LogP contribution in [-0.2, 0) is 9.59 Å². The second-order valence-corrected chi connectivity index (χ2v) is 8.30. The maximum absolute atomic E-state index is 13.3. The zero-order valence-corrected chi connectivity index (χ0v) is 17.7. The fourth-order valence-corrected chi connectivity index (χ4v) is 5.08. The predicted octanol–water partition coefficient (Wildman–Crippen LogP) is 2.82. The molecule has 0 spiro atoms. The smallest absolute Gasteiger partial charge is 0.334 e. The molecule has 1 aromatic heterocycles. The largest absolute Gasteiger partial charge is 0.478 e. The van der Waals surface area contributed by atoms with Gasteiger partial charge in [0.05, 0.1) is 11.5 Å². The number of Topliss-reactive ketones (excluding diaryl/α,β-unsaturated/α-hetero) is 1. The average Bonchev–Trinajstić information content (AvgIpc) is 2.66. The number of carbonyl (C=O) groups is 2. The summed E-state index contributed by atoms with van der Waals surface area (Å²) in [5.74, 6) is -3.02. The normalized spacial score (nSPS) is 21.1. The number of benzene rings is 1. The summed E-state index contributed by atoms with van der Waals surface area (Å²) in [7, 11) is 0. The maximum Gasteiger partial charge on any atom is 0.334 e. The molecule has 0 saturated heterocycles. The van der Waals surface area contributed by atoms with Crippen molar-refractivity contribution in [2.75, 3.05) is 0 Å². The highest BCUT2D eigenvalue weighted by molar-refractivity contribution is 6.36. The van der Waals surface area contributed by atoms with E-state index in [9.17, 15) is 24.3 Å². The summed E-state index contributed by atoms with van der Waals surface area (Å²) in [6, 6.07) is 5.11. The summed E-state index contributed by atoms with van der Waals surface area (Å²) in [6.45, 7) is 1.57. The maximum atomic E-state index is 13.3. The minimum absolute atomic E-state index is 0.0204. The molecule has 2 atom stereocenters. The van der Waals surface area contributed by atoms with E-state index in [1.165, 1.54) is 0 Å². The van der Waals surface area contributed by atoms with Crippen LogP contribution in [0.25, 0.3) is 0 Å². The zero-order chi connectivity index (χ0) is 22.4. The molecule has 2 unspecified atom stereocenters. The number of H-pyrrole nitrogens is 2. The molecule has 1 aromatic carbocycles. The molecule has 0 fully saturated rings. The Morgan fingerprint density at radius 1 is 1.13 bits per heavy atom. The quantitative estimate of drug-likeness (QED) is 0.555. The second-order valence-electron chi connectivity index (χ2n) is 7.49. The fraction of sp³-hybridized carbons (Fsp3) is 0.238. The lowest BCUT2D eigenvalue weighted by atomic mass is 9.72. The van der Waals surface area contributed by atoms with Crippen molar-refractivity contribution in [3.05, 3.63) is 88.9 Å². The Balaban J connectivity index is 1.88. The van der Waals surface area contributed by atoms with Crippen LogP contribution in [0.15, 0.2) is 56.5 Å². The first-order chi connectivity index (χ1) is 14.7. The summed E-state index contributed by atoms with van der Waals surface area (Å²) in [5.41, 5.74) is 0.0373. The summed E-state index contributed by atoms with van der Waals surface area (Å²) in [5, 5.41) is 13.7. The van der Waals surface area contributed by atoms with Gasteiger partial charge in [-0.25, -0.2) is 9.59 Å². The molecule has 2 aliphatic rings. The Morgan fingerprint density at radius 3 is 2.42 bits per heavy atom. The van der Waals surface area contributed by atoms with Gasteiger partial charge in [0.15, 0.2) is 5.78 Å². The standard InChI is InChI=1S/C21H17Cl2N3O5/c1-8-15(20(29)30)17(10-7-24-21(31)26-19(10)28)18-13(25-8)5-9(6-14(18)27)16-11(22)3-2-4-12(16)23/h2-4,7,9,17,25H,5-6H2,1H3,(H,29,30)(H2,24,26,28,31). The lowest BCUT2D eigenvalue weighted by Gasteiger charge is -2.36. The number of carboxylic acid groups (broad SMARTS) is 1. The van der Waals surface area contributed by atoms with Crippen molar-refractivity contribution in [2.45, 2.75) is 31.6 Å². The van der Waals surface area contributed by atoms with E-state index in [0.29, 0.717) is 33.4 Å². The van der Waals surface area contributed by atoms with E-state index in [0.717, 1.165) is 6.20 Å². The van der Waals surface area contributed by atoms with Crippen LogP contribution >= 0.6 is 23.2 Å². The molecule has 10 heteroatoms. The van der Waals surface area contributed by atoms with Crippen LogP contribution in [0.2, 0.25) is 10.0 Å². The third kappa shape index (κ3) is 3.62. The molecule has 2 heterocycles. The van der Waals surface area contributed by atoms with Gasteiger partial charge >= 0.3 is 11.7 Å². The Bertz CT molecular complexity index is 1280. The molecule has 0 saturated carbocycles. The average molecular weight is 462 g/mol. The molecular formula is C21H17Cl2N3O5. The van der Waals surface area contributed by atoms with Crippen LogP contribution in [0.3, 0.4) is 0 Å². The van der Waals surface area contributed by atoms with Gasteiger partial charge in [-0.1, -0.05) is 29.3 Å². The van der Waals surface area contributed by atoms with Gasteiger partial charge in [0, 0.05) is 45.2 Å². The van der Waals surface area contributed by atoms with Crippen molar-refractivity contribution in [3.63, 3.8) is 0 Å². The minimum Gasteiger partial charge on any atom is -0.478 e. The number of carboxylic acids is 1. The lowest BCUT2D eigenvalue weighted by molar-refractivity contribution is -0.133. The van der Waals surface area contributed by atoms with Crippen molar-refractivity contribution in [1.82, 2.24) is 15.3 Å². The molecular weight excluding hydrogens is 445 g/mol. The number of hydrogen-bond acceptors (Lipinski definition) is 5. The third-order valence-corrected chi connectivity index (χ3v) is 6.28. The number of aromatic amines is 2. The highest BCUT2D eigenvalue weighted by Crippen LogP contribution is 2.46. The third-order valence-electron chi connectivity index (χ3n) is 5.62. The predicted molar refractivity (Wildman–Crippen MR) is 114 cm³/mol. The lowest BCUT2D eigenvalue weighted by Crippen LogP contribution is -2.38. The van der Waals surface area contributed by atoms with Gasteiger partial charge in [-0.15, -0.1) is 0 Å². The van der Waals surface area contributed by atoms with E-state index in [1.54, 1.807) is 25.1 Å². The molecule has 0 radical (unpaired) electrons. The topological polar surface area (TPSA) is 132 Å². The number of rotatable bonds is 3. The first kappa shape index (κ1) is 21.1. The summed E-state index contributed by atoms with van der Waals surface area (Å²) >= 11 is 12.7. The number of carbonyl (C=O) groups excluding carboxylic acids is 1. The van der Waals surface area contributed by atoms with Crippen LogP contribution < -0.4 is 16.6 Å². The molecule has 0 bridgehead atoms. The highest BCUT2D eigenvalue weighted by atomic mass is 35.5. The first-order valence-electron chi connectivity index (χ1n) is 9.42. The van der Waals surface area contributed by atoms with E-state index >= 15 is 0 Å². The number of aromatic nitrogens is 2. The Morgan fingerprint density at radius 2 is 1.81 bits per heavy atom. The fourth-order valence-electron chi connectivity index (χ4n) is 4.37. The SMILES string of the molecule is CC1=C(C(=O)O)C(c2c[nH]c(=O)[nH]c2=O)C2=C(CC(c3c(Cl)cccc3Cl)CC2=O)N1. The summed E-state index contributed by atoms with van der Waals surface area (Å²) in [4.78, 5) is 53.7.